The van der Waals surface area contributed by atoms with E-state index in [1.807, 2.05) is 13.0 Å². The lowest BCUT2D eigenvalue weighted by atomic mass is 9.83. The van der Waals surface area contributed by atoms with Gasteiger partial charge in [0, 0.05) is 25.9 Å². The van der Waals surface area contributed by atoms with E-state index in [0.29, 0.717) is 32.3 Å². The predicted molar refractivity (Wildman–Crippen MR) is 222 cm³/mol. The zero-order valence-corrected chi connectivity index (χ0v) is 38.2. The highest BCUT2D eigenvalue weighted by molar-refractivity contribution is 7.91. The Kier molecular flexibility index (Phi) is 16.1. The predicted octanol–water partition coefficient (Wildman–Crippen LogP) is 9.51. The molecule has 2 aliphatic rings. The van der Waals surface area contributed by atoms with Crippen LogP contribution in [0.2, 0.25) is 36.3 Å². The first-order valence-electron chi connectivity index (χ1n) is 19.8. The van der Waals surface area contributed by atoms with Gasteiger partial charge in [0.1, 0.15) is 0 Å². The molecule has 2 fully saturated rings. The summed E-state index contributed by atoms with van der Waals surface area (Å²) in [5, 5.41) is 10.6. The number of methoxy groups -OCH3 is 1. The minimum Gasteiger partial charge on any atom is -0.414 e. The van der Waals surface area contributed by atoms with Gasteiger partial charge < -0.3 is 28.2 Å². The van der Waals surface area contributed by atoms with Crippen molar-refractivity contribution in [3.63, 3.8) is 0 Å². The van der Waals surface area contributed by atoms with Gasteiger partial charge >= 0.3 is 0 Å². The lowest BCUT2D eigenvalue weighted by molar-refractivity contribution is -0.0769. The number of rotatable bonds is 18. The van der Waals surface area contributed by atoms with Gasteiger partial charge in [-0.1, -0.05) is 86.7 Å². The van der Waals surface area contributed by atoms with E-state index in [-0.39, 0.29) is 45.0 Å². The van der Waals surface area contributed by atoms with Gasteiger partial charge in [0.2, 0.25) is 0 Å². The summed E-state index contributed by atoms with van der Waals surface area (Å²) in [6, 6.07) is 8.64. The van der Waals surface area contributed by atoms with E-state index < -0.39 is 56.8 Å². The molecule has 1 aromatic rings. The molecule has 0 aromatic heterocycles. The maximum Gasteiger partial charge on any atom is 0.192 e. The van der Waals surface area contributed by atoms with E-state index in [1.54, 1.807) is 31.4 Å². The number of aliphatic hydroxyl groups is 1. The monoisotopic (exact) mass is 794 g/mol. The van der Waals surface area contributed by atoms with E-state index in [9.17, 15) is 13.5 Å². The van der Waals surface area contributed by atoms with Gasteiger partial charge in [0.05, 0.1) is 60.0 Å². The summed E-state index contributed by atoms with van der Waals surface area (Å²) < 4.78 is 61.8. The van der Waals surface area contributed by atoms with Crippen LogP contribution in [0.1, 0.15) is 93.9 Å². The van der Waals surface area contributed by atoms with Crippen molar-refractivity contribution in [3.05, 3.63) is 54.6 Å². The van der Waals surface area contributed by atoms with Gasteiger partial charge in [-0.15, -0.1) is 0 Å². The fraction of sp³-hybridized carbons (Fsp3) is 0.762. The van der Waals surface area contributed by atoms with Crippen LogP contribution in [0.15, 0.2) is 59.5 Å². The van der Waals surface area contributed by atoms with Crippen molar-refractivity contribution in [1.82, 2.24) is 0 Å². The molecule has 9 atom stereocenters. The molecule has 3 rings (SSSR count). The zero-order valence-electron chi connectivity index (χ0n) is 35.4. The molecule has 4 unspecified atom stereocenters. The SMILES string of the molecule is C=C(CC)C(O)CCC1C[C@@H](C)C(=C)C(C[C@@H]2OC(C[C@@H](CO[Si](C)(C)C(C)(C)C)O[Si](C)(C)C(C)(C)C)[C@H](OC)[C@H]2CS(=O)(=O)c2ccccc2)O1. The Hall–Kier alpha value is -1.16. The number of benzene rings is 1. The molecule has 0 amide bonds. The molecule has 1 aromatic carbocycles. The highest BCUT2D eigenvalue weighted by Gasteiger charge is 2.50. The quantitative estimate of drug-likeness (QED) is 0.116. The highest BCUT2D eigenvalue weighted by Crippen LogP contribution is 2.43. The molecule has 0 bridgehead atoms. The molecule has 0 spiro atoms. The molecule has 2 heterocycles. The van der Waals surface area contributed by atoms with Gasteiger partial charge in [0.15, 0.2) is 26.5 Å². The minimum atomic E-state index is -3.67. The molecule has 304 valence electrons. The average Bonchev–Trinajstić information content (AvgIpc) is 3.37. The van der Waals surface area contributed by atoms with Crippen molar-refractivity contribution in [2.45, 2.75) is 178 Å². The van der Waals surface area contributed by atoms with Crippen molar-refractivity contribution in [3.8, 4) is 0 Å². The third-order valence-electron chi connectivity index (χ3n) is 12.8. The van der Waals surface area contributed by atoms with E-state index in [4.69, 9.17) is 23.1 Å². The van der Waals surface area contributed by atoms with E-state index in [1.165, 1.54) is 0 Å². The van der Waals surface area contributed by atoms with Crippen molar-refractivity contribution in [2.75, 3.05) is 19.5 Å². The average molecular weight is 795 g/mol. The van der Waals surface area contributed by atoms with Crippen molar-refractivity contribution in [1.29, 1.82) is 0 Å². The van der Waals surface area contributed by atoms with E-state index in [2.05, 4.69) is 87.8 Å². The second-order valence-electron chi connectivity index (χ2n) is 18.8. The topological polar surface area (TPSA) is 101 Å². The standard InChI is InChI=1S/C42H74O8SSi2/c1-16-29(2)36(43)23-22-32-24-30(3)31(4)37(48-32)26-38-35(28-51(44,45)34-20-18-17-19-21-34)40(46-11)39(49-38)25-33(50-53(14,15)42(8,9)10)27-47-52(12,13)41(5,6)7/h17-21,30,32-33,35-40,43H,2,4,16,22-28H2,1,3,5-15H3/t30-,32?,33+,35+,36?,37?,38+,39?,40-/m1/s1. The highest BCUT2D eigenvalue weighted by atomic mass is 32.2. The third-order valence-corrected chi connectivity index (χ3v) is 23.6. The third kappa shape index (κ3) is 12.2. The number of hydrogen-bond donors (Lipinski definition) is 1. The summed E-state index contributed by atoms with van der Waals surface area (Å²) in [7, 11) is -6.35. The molecule has 0 aliphatic carbocycles. The number of aliphatic hydroxyl groups excluding tert-OH is 1. The first-order chi connectivity index (χ1) is 24.3. The lowest BCUT2D eigenvalue weighted by Gasteiger charge is -2.42. The van der Waals surface area contributed by atoms with Crippen LogP contribution in [0.4, 0.5) is 0 Å². The summed E-state index contributed by atoms with van der Waals surface area (Å²) in [6.45, 7) is 35.5. The van der Waals surface area contributed by atoms with Gasteiger partial charge in [-0.05, 0) is 91.1 Å². The number of sulfone groups is 1. The summed E-state index contributed by atoms with van der Waals surface area (Å²) >= 11 is 0. The molecule has 2 saturated heterocycles. The van der Waals surface area contributed by atoms with Crippen molar-refractivity contribution >= 4 is 26.5 Å². The van der Waals surface area contributed by atoms with E-state index in [0.717, 1.165) is 24.0 Å². The Morgan fingerprint density at radius 3 is 2.15 bits per heavy atom. The van der Waals surface area contributed by atoms with Gasteiger partial charge in [-0.3, -0.25) is 0 Å². The second kappa shape index (κ2) is 18.4. The van der Waals surface area contributed by atoms with Crippen molar-refractivity contribution in [2.24, 2.45) is 11.8 Å². The molecule has 1 N–H and O–H groups in total. The smallest absolute Gasteiger partial charge is 0.192 e. The molecule has 0 radical (unpaired) electrons. The molecule has 8 nitrogen and oxygen atoms in total. The van der Waals surface area contributed by atoms with Crippen LogP contribution in [-0.4, -0.2) is 92.4 Å². The minimum absolute atomic E-state index is 0.0139. The zero-order chi connectivity index (χ0) is 40.2. The molecule has 2 aliphatic heterocycles. The normalized spacial score (nSPS) is 27.5. The number of hydrogen-bond acceptors (Lipinski definition) is 8. The molecular formula is C42H74O8SSi2. The van der Waals surface area contributed by atoms with Gasteiger partial charge in [0.25, 0.3) is 0 Å². The Labute approximate surface area is 325 Å². The fourth-order valence-corrected chi connectivity index (χ4v) is 11.0. The summed E-state index contributed by atoms with van der Waals surface area (Å²) in [6.07, 6.45) is 1.27. The fourth-order valence-electron chi connectivity index (χ4n) is 6.96. The molecule has 53 heavy (non-hydrogen) atoms. The van der Waals surface area contributed by atoms with Crippen LogP contribution in [0.3, 0.4) is 0 Å². The maximum atomic E-state index is 14.0. The summed E-state index contributed by atoms with van der Waals surface area (Å²) in [5.74, 6) is -0.358. The molecular weight excluding hydrogens is 721 g/mol. The van der Waals surface area contributed by atoms with E-state index >= 15 is 0 Å². The van der Waals surface area contributed by atoms with Crippen LogP contribution in [-0.2, 0) is 32.9 Å². The van der Waals surface area contributed by atoms with Crippen LogP contribution in [0, 0.1) is 11.8 Å². The van der Waals surface area contributed by atoms with Crippen LogP contribution in [0.5, 0.6) is 0 Å². The maximum absolute atomic E-state index is 14.0. The first kappa shape index (κ1) is 46.2. The summed E-state index contributed by atoms with van der Waals surface area (Å²) in [5.41, 5.74) is 1.83. The van der Waals surface area contributed by atoms with Gasteiger partial charge in [-0.2, -0.15) is 0 Å². The molecule has 11 heteroatoms. The van der Waals surface area contributed by atoms with Crippen LogP contribution in [0.25, 0.3) is 0 Å². The van der Waals surface area contributed by atoms with Gasteiger partial charge in [-0.25, -0.2) is 8.42 Å². The largest absolute Gasteiger partial charge is 0.414 e. The first-order valence-corrected chi connectivity index (χ1v) is 27.3. The Morgan fingerprint density at radius 1 is 1.00 bits per heavy atom. The summed E-state index contributed by atoms with van der Waals surface area (Å²) in [4.78, 5) is 0.290. The number of ether oxygens (including phenoxy) is 3. The van der Waals surface area contributed by atoms with Crippen molar-refractivity contribution < 1.29 is 36.6 Å². The molecule has 0 saturated carbocycles. The lowest BCUT2D eigenvalue weighted by Crippen LogP contribution is -2.49. The van der Waals surface area contributed by atoms with Crippen LogP contribution >= 0.6 is 0 Å². The Morgan fingerprint density at radius 2 is 1.60 bits per heavy atom. The Bertz CT molecular complexity index is 1450. The second-order valence-corrected chi connectivity index (χ2v) is 30.4. The Balaban J connectivity index is 1.96. The van der Waals surface area contributed by atoms with Crippen LogP contribution < -0.4 is 0 Å².